The van der Waals surface area contributed by atoms with E-state index in [1.165, 1.54) is 0 Å². The second-order valence-electron chi connectivity index (χ2n) is 3.45. The van der Waals surface area contributed by atoms with E-state index < -0.39 is 0 Å². The van der Waals surface area contributed by atoms with Crippen molar-refractivity contribution in [1.82, 2.24) is 5.32 Å². The molecule has 1 heterocycles. The topological polar surface area (TPSA) is 55.1 Å². The van der Waals surface area contributed by atoms with Gasteiger partial charge in [-0.3, -0.25) is 0 Å². The molecule has 14 heavy (non-hydrogen) atoms. The molecular formula is C11H12N2O. The largest absolute Gasteiger partial charge is 0.398 e. The molecular weight excluding hydrogens is 176 g/mol. The summed E-state index contributed by atoms with van der Waals surface area (Å²) in [6.45, 7) is 1.94. The summed E-state index contributed by atoms with van der Waals surface area (Å²) < 4.78 is 0. The van der Waals surface area contributed by atoms with Crippen LogP contribution in [0.3, 0.4) is 0 Å². The Bertz CT molecular complexity index is 410. The number of carbonyl (C=O) groups is 1. The highest BCUT2D eigenvalue weighted by molar-refractivity contribution is 5.72. The Labute approximate surface area is 82.6 Å². The van der Waals surface area contributed by atoms with E-state index >= 15 is 0 Å². The third-order valence-corrected chi connectivity index (χ3v) is 2.48. The lowest BCUT2D eigenvalue weighted by Crippen LogP contribution is -2.21. The van der Waals surface area contributed by atoms with Crippen LogP contribution >= 0.6 is 0 Å². The number of benzene rings is 1. The van der Waals surface area contributed by atoms with Crippen LogP contribution in [0.2, 0.25) is 0 Å². The van der Waals surface area contributed by atoms with Gasteiger partial charge in [-0.25, -0.2) is 0 Å². The molecule has 1 aromatic carbocycles. The summed E-state index contributed by atoms with van der Waals surface area (Å²) in [6.07, 6.45) is 4.60. The molecule has 0 spiro atoms. The molecule has 3 nitrogen and oxygen atoms in total. The van der Waals surface area contributed by atoms with E-state index in [1.807, 2.05) is 25.1 Å². The molecule has 1 aliphatic rings. The number of nitrogens with two attached hydrogens (primary N) is 1. The van der Waals surface area contributed by atoms with Crippen LogP contribution in [0.25, 0.3) is 6.08 Å². The Morgan fingerprint density at radius 3 is 3.00 bits per heavy atom. The number of anilines is 1. The molecule has 2 rings (SSSR count). The third-order valence-electron chi connectivity index (χ3n) is 2.48. The fourth-order valence-corrected chi connectivity index (χ4v) is 1.62. The number of aldehydes is 1. The first-order valence-corrected chi connectivity index (χ1v) is 4.50. The first-order valence-electron chi connectivity index (χ1n) is 4.50. The van der Waals surface area contributed by atoms with Crippen LogP contribution in [0.4, 0.5) is 5.69 Å². The molecule has 1 atom stereocenters. The molecule has 0 radical (unpaired) electrons. The van der Waals surface area contributed by atoms with Gasteiger partial charge in [0.2, 0.25) is 0 Å². The number of rotatable bonds is 1. The number of nitrogen functional groups attached to an aromatic ring is 1. The maximum Gasteiger partial charge on any atom is 0.146 e. The second kappa shape index (κ2) is 3.18. The summed E-state index contributed by atoms with van der Waals surface area (Å²) >= 11 is 0. The Kier molecular flexibility index (Phi) is 2.00. The van der Waals surface area contributed by atoms with Crippen molar-refractivity contribution in [2.75, 3.05) is 5.73 Å². The minimum atomic E-state index is -0.241. The van der Waals surface area contributed by atoms with Crippen LogP contribution in [-0.2, 0) is 4.79 Å². The van der Waals surface area contributed by atoms with E-state index in [1.54, 1.807) is 6.20 Å². The number of hydrogen-bond donors (Lipinski definition) is 2. The van der Waals surface area contributed by atoms with Gasteiger partial charge >= 0.3 is 0 Å². The molecule has 0 saturated carbocycles. The molecule has 0 aromatic heterocycles. The number of nitrogens with one attached hydrogen (secondary N) is 1. The van der Waals surface area contributed by atoms with E-state index in [0.29, 0.717) is 0 Å². The Morgan fingerprint density at radius 2 is 2.29 bits per heavy atom. The van der Waals surface area contributed by atoms with Crippen molar-refractivity contribution in [1.29, 1.82) is 0 Å². The summed E-state index contributed by atoms with van der Waals surface area (Å²) in [5.41, 5.74) is 9.57. The number of fused-ring (bicyclic) bond motifs is 1. The SMILES string of the molecule is Cc1cc2c(cc1N)C=CNC2C=O. The molecule has 1 unspecified atom stereocenters. The fourth-order valence-electron chi connectivity index (χ4n) is 1.62. The zero-order chi connectivity index (χ0) is 10.1. The Morgan fingerprint density at radius 1 is 1.50 bits per heavy atom. The van der Waals surface area contributed by atoms with Crippen molar-refractivity contribution in [3.63, 3.8) is 0 Å². The molecule has 72 valence electrons. The van der Waals surface area contributed by atoms with E-state index in [0.717, 1.165) is 28.7 Å². The zero-order valence-electron chi connectivity index (χ0n) is 7.95. The lowest BCUT2D eigenvalue weighted by molar-refractivity contribution is -0.109. The summed E-state index contributed by atoms with van der Waals surface area (Å²) in [6, 6.07) is 3.62. The van der Waals surface area contributed by atoms with Crippen molar-refractivity contribution in [2.24, 2.45) is 0 Å². The highest BCUT2D eigenvalue weighted by Gasteiger charge is 2.16. The fraction of sp³-hybridized carbons (Fsp3) is 0.182. The van der Waals surface area contributed by atoms with Crippen LogP contribution in [-0.4, -0.2) is 6.29 Å². The van der Waals surface area contributed by atoms with E-state index in [-0.39, 0.29) is 6.04 Å². The van der Waals surface area contributed by atoms with Gasteiger partial charge in [-0.2, -0.15) is 0 Å². The van der Waals surface area contributed by atoms with Crippen molar-refractivity contribution < 1.29 is 4.79 Å². The van der Waals surface area contributed by atoms with Crippen LogP contribution in [0.1, 0.15) is 22.7 Å². The molecule has 3 N–H and O–H groups in total. The van der Waals surface area contributed by atoms with Gasteiger partial charge in [0.05, 0.1) is 0 Å². The second-order valence-corrected chi connectivity index (χ2v) is 3.45. The van der Waals surface area contributed by atoms with Gasteiger partial charge in [0.15, 0.2) is 0 Å². The molecule has 1 aliphatic heterocycles. The number of aryl methyl sites for hydroxylation is 1. The van der Waals surface area contributed by atoms with E-state index in [4.69, 9.17) is 5.73 Å². The van der Waals surface area contributed by atoms with Gasteiger partial charge in [-0.15, -0.1) is 0 Å². The average Bonchev–Trinajstić information content (AvgIpc) is 2.19. The van der Waals surface area contributed by atoms with Crippen molar-refractivity contribution in [3.05, 3.63) is 35.0 Å². The van der Waals surface area contributed by atoms with E-state index in [9.17, 15) is 4.79 Å². The predicted octanol–water partition coefficient (Wildman–Crippen LogP) is 1.39. The van der Waals surface area contributed by atoms with Gasteiger partial charge < -0.3 is 15.8 Å². The van der Waals surface area contributed by atoms with Gasteiger partial charge in [-0.05, 0) is 42.0 Å². The first-order chi connectivity index (χ1) is 6.72. The maximum absolute atomic E-state index is 10.8. The zero-order valence-corrected chi connectivity index (χ0v) is 7.95. The van der Waals surface area contributed by atoms with Crippen LogP contribution in [0.5, 0.6) is 0 Å². The van der Waals surface area contributed by atoms with Gasteiger partial charge in [0, 0.05) is 5.69 Å². The molecule has 0 amide bonds. The van der Waals surface area contributed by atoms with Crippen molar-refractivity contribution >= 4 is 18.0 Å². The average molecular weight is 188 g/mol. The van der Waals surface area contributed by atoms with Crippen LogP contribution < -0.4 is 11.1 Å². The van der Waals surface area contributed by atoms with Crippen LogP contribution in [0.15, 0.2) is 18.3 Å². The summed E-state index contributed by atoms with van der Waals surface area (Å²) in [5.74, 6) is 0. The summed E-state index contributed by atoms with van der Waals surface area (Å²) in [5, 5.41) is 2.98. The summed E-state index contributed by atoms with van der Waals surface area (Å²) in [4.78, 5) is 10.8. The van der Waals surface area contributed by atoms with Gasteiger partial charge in [-0.1, -0.05) is 6.07 Å². The quantitative estimate of drug-likeness (QED) is 0.517. The molecule has 3 heteroatoms. The lowest BCUT2D eigenvalue weighted by Gasteiger charge is -2.20. The number of carbonyl (C=O) groups excluding carboxylic acids is 1. The monoisotopic (exact) mass is 188 g/mol. The van der Waals surface area contributed by atoms with Crippen molar-refractivity contribution in [3.8, 4) is 0 Å². The number of hydrogen-bond acceptors (Lipinski definition) is 3. The van der Waals surface area contributed by atoms with Crippen molar-refractivity contribution in [2.45, 2.75) is 13.0 Å². The molecule has 0 saturated heterocycles. The normalized spacial score (nSPS) is 18.5. The minimum Gasteiger partial charge on any atom is -0.398 e. The molecule has 1 aromatic rings. The Hall–Kier alpha value is -1.77. The van der Waals surface area contributed by atoms with Crippen LogP contribution in [0, 0.1) is 6.92 Å². The minimum absolute atomic E-state index is 0.241. The highest BCUT2D eigenvalue weighted by Crippen LogP contribution is 2.26. The molecule has 0 aliphatic carbocycles. The van der Waals surface area contributed by atoms with Gasteiger partial charge in [0.25, 0.3) is 0 Å². The lowest BCUT2D eigenvalue weighted by atomic mass is 9.95. The van der Waals surface area contributed by atoms with E-state index in [2.05, 4.69) is 5.32 Å². The summed E-state index contributed by atoms with van der Waals surface area (Å²) in [7, 11) is 0. The standard InChI is InChI=1S/C11H12N2O/c1-7-4-9-8(5-10(7)12)2-3-13-11(9)6-14/h2-6,11,13H,12H2,1H3. The molecule has 0 bridgehead atoms. The first kappa shape index (κ1) is 8.81. The maximum atomic E-state index is 10.8. The third kappa shape index (κ3) is 1.27. The predicted molar refractivity (Wildman–Crippen MR) is 56.6 cm³/mol. The smallest absolute Gasteiger partial charge is 0.146 e. The molecule has 0 fully saturated rings. The van der Waals surface area contributed by atoms with Gasteiger partial charge in [0.1, 0.15) is 12.3 Å². The Balaban J connectivity index is 2.59. The highest BCUT2D eigenvalue weighted by atomic mass is 16.1.